The van der Waals surface area contributed by atoms with Crippen LogP contribution >= 0.6 is 23.4 Å². The van der Waals surface area contributed by atoms with Crippen LogP contribution in [-0.4, -0.2) is 33.5 Å². The topological polar surface area (TPSA) is 83.7 Å². The Bertz CT molecular complexity index is 999. The summed E-state index contributed by atoms with van der Waals surface area (Å²) in [4.78, 5) is 23.9. The maximum atomic E-state index is 11.9. The number of amides is 1. The zero-order valence-electron chi connectivity index (χ0n) is 14.1. The molecule has 0 saturated carbocycles. The molecular weight excluding hydrogens is 386 g/mol. The smallest absolute Gasteiger partial charge is 0.323 e. The van der Waals surface area contributed by atoms with E-state index in [0.29, 0.717) is 5.02 Å². The second-order valence-electron chi connectivity index (χ2n) is 5.66. The maximum Gasteiger partial charge on any atom is 0.323 e. The van der Waals surface area contributed by atoms with Crippen LogP contribution in [0, 0.1) is 0 Å². The Morgan fingerprint density at radius 2 is 1.93 bits per heavy atom. The molecular formula is C19H16ClN3O3S. The molecule has 27 heavy (non-hydrogen) atoms. The molecule has 0 bridgehead atoms. The van der Waals surface area contributed by atoms with Crippen LogP contribution in [0.1, 0.15) is 5.56 Å². The van der Waals surface area contributed by atoms with Crippen LogP contribution in [0.5, 0.6) is 0 Å². The monoisotopic (exact) mass is 401 g/mol. The van der Waals surface area contributed by atoms with Crippen molar-refractivity contribution in [3.63, 3.8) is 0 Å². The number of carbonyl (C=O) groups excluding carboxylic acids is 1. The molecule has 1 aromatic heterocycles. The van der Waals surface area contributed by atoms with Gasteiger partial charge < -0.3 is 9.67 Å². The first-order chi connectivity index (χ1) is 13.0. The van der Waals surface area contributed by atoms with E-state index >= 15 is 0 Å². The van der Waals surface area contributed by atoms with Crippen LogP contribution in [0.3, 0.4) is 0 Å². The average molecular weight is 402 g/mol. The number of benzene rings is 2. The van der Waals surface area contributed by atoms with Gasteiger partial charge in [-0.05, 0) is 30.3 Å². The Morgan fingerprint density at radius 1 is 1.19 bits per heavy atom. The molecule has 0 atom stereocenters. The average Bonchev–Trinajstić information content (AvgIpc) is 2.98. The molecule has 8 heteroatoms. The lowest BCUT2D eigenvalue weighted by Gasteiger charge is -2.01. The molecule has 3 rings (SSSR count). The molecule has 0 saturated heterocycles. The van der Waals surface area contributed by atoms with Crippen molar-refractivity contribution in [3.05, 3.63) is 65.3 Å². The van der Waals surface area contributed by atoms with Crippen molar-refractivity contribution in [2.45, 2.75) is 11.4 Å². The van der Waals surface area contributed by atoms with E-state index in [1.165, 1.54) is 18.0 Å². The number of carboxylic acids is 1. The Labute approximate surface area is 164 Å². The van der Waals surface area contributed by atoms with E-state index < -0.39 is 5.97 Å². The number of para-hydroxylation sites is 1. The van der Waals surface area contributed by atoms with E-state index in [0.717, 1.165) is 21.4 Å². The van der Waals surface area contributed by atoms with Gasteiger partial charge in [0.25, 0.3) is 0 Å². The quantitative estimate of drug-likeness (QED) is 0.360. The van der Waals surface area contributed by atoms with Crippen molar-refractivity contribution >= 4 is 52.4 Å². The summed E-state index contributed by atoms with van der Waals surface area (Å²) in [6, 6.07) is 14.7. The maximum absolute atomic E-state index is 11.9. The summed E-state index contributed by atoms with van der Waals surface area (Å²) in [5, 5.41) is 14.5. The van der Waals surface area contributed by atoms with Gasteiger partial charge in [-0.3, -0.25) is 9.59 Å². The first-order valence-corrected chi connectivity index (χ1v) is 9.39. The van der Waals surface area contributed by atoms with Gasteiger partial charge in [0.2, 0.25) is 5.91 Å². The number of aromatic nitrogens is 1. The highest BCUT2D eigenvalue weighted by Crippen LogP contribution is 2.21. The van der Waals surface area contributed by atoms with Crippen LogP contribution in [0.25, 0.3) is 10.9 Å². The number of fused-ring (bicyclic) bond motifs is 1. The van der Waals surface area contributed by atoms with Crippen molar-refractivity contribution < 1.29 is 14.7 Å². The van der Waals surface area contributed by atoms with Gasteiger partial charge in [-0.2, -0.15) is 5.10 Å². The van der Waals surface area contributed by atoms with Gasteiger partial charge >= 0.3 is 5.97 Å². The zero-order chi connectivity index (χ0) is 19.2. The minimum atomic E-state index is -0.924. The number of hydrogen-bond acceptors (Lipinski definition) is 4. The van der Waals surface area contributed by atoms with Crippen LogP contribution in [0.4, 0.5) is 0 Å². The van der Waals surface area contributed by atoms with Crippen molar-refractivity contribution in [3.8, 4) is 0 Å². The summed E-state index contributed by atoms with van der Waals surface area (Å²) in [5.41, 5.74) is 4.02. The number of rotatable bonds is 7. The number of nitrogens with zero attached hydrogens (tertiary/aromatic N) is 2. The van der Waals surface area contributed by atoms with E-state index in [4.69, 9.17) is 16.7 Å². The number of nitrogens with one attached hydrogen (secondary N) is 1. The van der Waals surface area contributed by atoms with E-state index in [1.54, 1.807) is 22.9 Å². The third-order valence-corrected chi connectivity index (χ3v) is 4.97. The summed E-state index contributed by atoms with van der Waals surface area (Å²) in [5.74, 6) is -0.938. The van der Waals surface area contributed by atoms with Gasteiger partial charge in [-0.1, -0.05) is 29.8 Å². The van der Waals surface area contributed by atoms with Gasteiger partial charge in [0, 0.05) is 32.6 Å². The molecule has 0 spiro atoms. The van der Waals surface area contributed by atoms with Gasteiger partial charge in [-0.15, -0.1) is 11.8 Å². The van der Waals surface area contributed by atoms with Gasteiger partial charge in [-0.25, -0.2) is 5.43 Å². The number of carbonyl (C=O) groups is 2. The predicted molar refractivity (Wildman–Crippen MR) is 107 cm³/mol. The number of aliphatic carboxylic acids is 1. The molecule has 138 valence electrons. The van der Waals surface area contributed by atoms with Crippen LogP contribution in [0.2, 0.25) is 5.02 Å². The third kappa shape index (κ3) is 5.12. The highest BCUT2D eigenvalue weighted by Gasteiger charge is 2.09. The fourth-order valence-electron chi connectivity index (χ4n) is 2.54. The lowest BCUT2D eigenvalue weighted by Crippen LogP contribution is -2.19. The number of halogens is 1. The van der Waals surface area contributed by atoms with Crippen LogP contribution < -0.4 is 5.43 Å². The highest BCUT2D eigenvalue weighted by molar-refractivity contribution is 8.00. The molecule has 2 N–H and O–H groups in total. The van der Waals surface area contributed by atoms with Crippen molar-refractivity contribution in [2.75, 3.05) is 5.75 Å². The molecule has 0 unspecified atom stereocenters. The lowest BCUT2D eigenvalue weighted by atomic mass is 10.2. The SMILES string of the molecule is O=C(O)Cn1cc(/C=N\NC(=O)CSc2ccc(Cl)cc2)c2ccccc21. The summed E-state index contributed by atoms with van der Waals surface area (Å²) in [6.45, 7) is -0.140. The largest absolute Gasteiger partial charge is 0.480 e. The van der Waals surface area contributed by atoms with E-state index in [2.05, 4.69) is 10.5 Å². The molecule has 0 radical (unpaired) electrons. The zero-order valence-corrected chi connectivity index (χ0v) is 15.7. The first-order valence-electron chi connectivity index (χ1n) is 8.03. The Kier molecular flexibility index (Phi) is 6.16. The Morgan fingerprint density at radius 3 is 2.67 bits per heavy atom. The highest BCUT2D eigenvalue weighted by atomic mass is 35.5. The third-order valence-electron chi connectivity index (χ3n) is 3.70. The van der Waals surface area contributed by atoms with Crippen LogP contribution in [-0.2, 0) is 16.1 Å². The summed E-state index contributed by atoms with van der Waals surface area (Å²) in [7, 11) is 0. The lowest BCUT2D eigenvalue weighted by molar-refractivity contribution is -0.137. The molecule has 6 nitrogen and oxygen atoms in total. The second-order valence-corrected chi connectivity index (χ2v) is 7.14. The normalized spacial score (nSPS) is 11.1. The first kappa shape index (κ1) is 19.0. The number of hydrazone groups is 1. The molecule has 0 aliphatic heterocycles. The van der Waals surface area contributed by atoms with Crippen molar-refractivity contribution in [2.24, 2.45) is 5.10 Å². The molecule has 0 aliphatic rings. The molecule has 0 aliphatic carbocycles. The van der Waals surface area contributed by atoms with E-state index in [-0.39, 0.29) is 18.2 Å². The summed E-state index contributed by atoms with van der Waals surface area (Å²) in [6.07, 6.45) is 3.22. The van der Waals surface area contributed by atoms with Gasteiger partial charge in [0.05, 0.1) is 12.0 Å². The van der Waals surface area contributed by atoms with Crippen molar-refractivity contribution in [1.29, 1.82) is 0 Å². The fraction of sp³-hybridized carbons (Fsp3) is 0.105. The van der Waals surface area contributed by atoms with Gasteiger partial charge in [0.15, 0.2) is 0 Å². The minimum absolute atomic E-state index is 0.140. The standard InChI is InChI=1S/C19H16ClN3O3S/c20-14-5-7-15(8-6-14)27-12-18(24)22-21-9-13-10-23(11-19(25)26)17-4-2-1-3-16(13)17/h1-10H,11-12H2,(H,22,24)(H,25,26)/b21-9-. The van der Waals surface area contributed by atoms with Crippen LogP contribution in [0.15, 0.2) is 64.7 Å². The minimum Gasteiger partial charge on any atom is -0.480 e. The van der Waals surface area contributed by atoms with Crippen molar-refractivity contribution in [1.82, 2.24) is 9.99 Å². The number of carboxylic acid groups (broad SMARTS) is 1. The second kappa shape index (κ2) is 8.75. The van der Waals surface area contributed by atoms with E-state index in [1.807, 2.05) is 36.4 Å². The fourth-order valence-corrected chi connectivity index (χ4v) is 3.36. The van der Waals surface area contributed by atoms with E-state index in [9.17, 15) is 9.59 Å². The Balaban J connectivity index is 1.63. The molecule has 1 amide bonds. The molecule has 3 aromatic rings. The summed E-state index contributed by atoms with van der Waals surface area (Å²) < 4.78 is 1.64. The van der Waals surface area contributed by atoms with Gasteiger partial charge in [0.1, 0.15) is 6.54 Å². The number of thioether (sulfide) groups is 1. The molecule has 2 aromatic carbocycles. The molecule has 1 heterocycles. The molecule has 0 fully saturated rings. The Hall–Kier alpha value is -2.77. The summed E-state index contributed by atoms with van der Waals surface area (Å²) >= 11 is 7.21. The number of hydrogen-bond donors (Lipinski definition) is 2. The predicted octanol–water partition coefficient (Wildman–Crippen LogP) is 3.62.